The van der Waals surface area contributed by atoms with Gasteiger partial charge in [0, 0.05) is 22.1 Å². The zero-order valence-corrected chi connectivity index (χ0v) is 12.8. The molecule has 0 aliphatic carbocycles. The third-order valence-corrected chi connectivity index (χ3v) is 3.83. The highest BCUT2D eigenvalue weighted by Gasteiger charge is 2.11. The van der Waals surface area contributed by atoms with E-state index in [0.29, 0.717) is 21.2 Å². The van der Waals surface area contributed by atoms with E-state index in [1.54, 1.807) is 30.5 Å². The first-order valence-corrected chi connectivity index (χ1v) is 7.29. The van der Waals surface area contributed by atoms with Crippen molar-refractivity contribution in [1.29, 1.82) is 0 Å². The number of amides is 1. The number of carbonyl (C=O) groups excluding carboxylic acids is 1. The van der Waals surface area contributed by atoms with Gasteiger partial charge in [-0.05, 0) is 42.0 Å². The van der Waals surface area contributed by atoms with E-state index in [1.807, 2.05) is 0 Å². The van der Waals surface area contributed by atoms with E-state index in [1.165, 1.54) is 12.1 Å². The predicted molar refractivity (Wildman–Crippen MR) is 87.1 cm³/mol. The number of carbonyl (C=O) groups is 1. The van der Waals surface area contributed by atoms with E-state index in [4.69, 9.17) is 23.2 Å². The lowest BCUT2D eigenvalue weighted by Crippen LogP contribution is -2.14. The summed E-state index contributed by atoms with van der Waals surface area (Å²) in [4.78, 5) is 15.1. The number of hydrogen-bond donors (Lipinski definition) is 2. The highest BCUT2D eigenvalue weighted by atomic mass is 35.5. The van der Waals surface area contributed by atoms with Gasteiger partial charge in [0.15, 0.2) is 0 Å². The van der Waals surface area contributed by atoms with Gasteiger partial charge in [0.1, 0.15) is 5.82 Å². The van der Waals surface area contributed by atoms with Crippen molar-refractivity contribution in [2.24, 2.45) is 0 Å². The van der Waals surface area contributed by atoms with Crippen LogP contribution in [0.3, 0.4) is 0 Å². The van der Waals surface area contributed by atoms with Crippen molar-refractivity contribution in [3.05, 3.63) is 64.0 Å². The van der Waals surface area contributed by atoms with E-state index in [9.17, 15) is 9.18 Å². The van der Waals surface area contributed by atoms with E-state index in [2.05, 4.69) is 10.3 Å². The second-order valence-corrected chi connectivity index (χ2v) is 5.70. The average Bonchev–Trinajstić information content (AvgIpc) is 2.84. The maximum absolute atomic E-state index is 13.1. The molecule has 3 rings (SSSR count). The highest BCUT2D eigenvalue weighted by Crippen LogP contribution is 2.26. The molecule has 0 aliphatic rings. The predicted octanol–water partition coefficient (Wildman–Crippen LogP) is 4.80. The van der Waals surface area contributed by atoms with Crippen LogP contribution in [0.15, 0.2) is 42.6 Å². The normalized spacial score (nSPS) is 10.9. The molecule has 0 fully saturated rings. The standard InChI is InChI=1S/C16H11Cl2FN2O/c17-10-1-4-14(13(18)6-10)21-16(22)5-9-8-20-15-7-11(19)2-3-12(9)15/h1-4,6-8,20H,5H2,(H,21,22). The lowest BCUT2D eigenvalue weighted by Gasteiger charge is -2.07. The summed E-state index contributed by atoms with van der Waals surface area (Å²) < 4.78 is 13.1. The van der Waals surface area contributed by atoms with Gasteiger partial charge in [-0.25, -0.2) is 4.39 Å². The summed E-state index contributed by atoms with van der Waals surface area (Å²) in [5.41, 5.74) is 1.95. The van der Waals surface area contributed by atoms with Crippen LogP contribution >= 0.6 is 23.2 Å². The fraction of sp³-hybridized carbons (Fsp3) is 0.0625. The first-order valence-electron chi connectivity index (χ1n) is 6.53. The molecule has 1 aromatic heterocycles. The summed E-state index contributed by atoms with van der Waals surface area (Å²) in [6.45, 7) is 0. The van der Waals surface area contributed by atoms with Gasteiger partial charge in [0.25, 0.3) is 0 Å². The van der Waals surface area contributed by atoms with Crippen molar-refractivity contribution >= 4 is 45.7 Å². The van der Waals surface area contributed by atoms with Gasteiger partial charge in [-0.3, -0.25) is 4.79 Å². The summed E-state index contributed by atoms with van der Waals surface area (Å²) in [5.74, 6) is -0.534. The molecular formula is C16H11Cl2FN2O. The maximum atomic E-state index is 13.1. The van der Waals surface area contributed by atoms with Gasteiger partial charge in [-0.2, -0.15) is 0 Å². The Hall–Kier alpha value is -2.04. The molecule has 0 saturated carbocycles. The SMILES string of the molecule is O=C(Cc1c[nH]c2cc(F)ccc12)Nc1ccc(Cl)cc1Cl. The summed E-state index contributed by atoms with van der Waals surface area (Å²) in [6, 6.07) is 9.28. The summed E-state index contributed by atoms with van der Waals surface area (Å²) in [5, 5.41) is 4.43. The van der Waals surface area contributed by atoms with Gasteiger partial charge < -0.3 is 10.3 Å². The Labute approximate surface area is 136 Å². The van der Waals surface area contributed by atoms with E-state index < -0.39 is 0 Å². The molecule has 2 aromatic carbocycles. The van der Waals surface area contributed by atoms with Crippen LogP contribution in [0.1, 0.15) is 5.56 Å². The molecule has 0 radical (unpaired) electrons. The molecule has 0 atom stereocenters. The summed E-state index contributed by atoms with van der Waals surface area (Å²) in [7, 11) is 0. The van der Waals surface area contributed by atoms with Crippen LogP contribution in [0.2, 0.25) is 10.0 Å². The van der Waals surface area contributed by atoms with Gasteiger partial charge in [-0.15, -0.1) is 0 Å². The largest absolute Gasteiger partial charge is 0.361 e. The van der Waals surface area contributed by atoms with Crippen LogP contribution in [-0.2, 0) is 11.2 Å². The quantitative estimate of drug-likeness (QED) is 0.709. The number of H-pyrrole nitrogens is 1. The summed E-state index contributed by atoms with van der Waals surface area (Å²) in [6.07, 6.45) is 1.86. The fourth-order valence-corrected chi connectivity index (χ4v) is 2.72. The molecule has 0 aliphatic heterocycles. The molecule has 112 valence electrons. The van der Waals surface area contributed by atoms with Crippen molar-refractivity contribution in [3.8, 4) is 0 Å². The van der Waals surface area contributed by atoms with Crippen LogP contribution in [0.5, 0.6) is 0 Å². The third kappa shape index (κ3) is 3.08. The number of benzene rings is 2. The van der Waals surface area contributed by atoms with Crippen molar-refractivity contribution in [2.45, 2.75) is 6.42 Å². The first kappa shape index (κ1) is 14.9. The first-order chi connectivity index (χ1) is 10.5. The van der Waals surface area contributed by atoms with Crippen LogP contribution in [0, 0.1) is 5.82 Å². The van der Waals surface area contributed by atoms with Crippen molar-refractivity contribution in [1.82, 2.24) is 4.98 Å². The number of aromatic nitrogens is 1. The Morgan fingerprint density at radius 3 is 2.77 bits per heavy atom. The molecule has 0 unspecified atom stereocenters. The minimum atomic E-state index is -0.321. The van der Waals surface area contributed by atoms with E-state index in [-0.39, 0.29) is 18.1 Å². The van der Waals surface area contributed by atoms with Gasteiger partial charge >= 0.3 is 0 Å². The number of nitrogens with one attached hydrogen (secondary N) is 2. The number of fused-ring (bicyclic) bond motifs is 1. The number of aromatic amines is 1. The Kier molecular flexibility index (Phi) is 4.05. The van der Waals surface area contributed by atoms with Gasteiger partial charge in [-0.1, -0.05) is 23.2 Å². The van der Waals surface area contributed by atoms with E-state index in [0.717, 1.165) is 10.9 Å². The van der Waals surface area contributed by atoms with Gasteiger partial charge in [0.05, 0.1) is 17.1 Å². The second-order valence-electron chi connectivity index (χ2n) is 4.85. The minimum absolute atomic E-state index is 0.157. The van der Waals surface area contributed by atoms with Crippen molar-refractivity contribution in [2.75, 3.05) is 5.32 Å². The van der Waals surface area contributed by atoms with Gasteiger partial charge in [0.2, 0.25) is 5.91 Å². The molecule has 3 aromatic rings. The lowest BCUT2D eigenvalue weighted by molar-refractivity contribution is -0.115. The molecule has 3 nitrogen and oxygen atoms in total. The Balaban J connectivity index is 1.78. The van der Waals surface area contributed by atoms with Crippen molar-refractivity contribution in [3.63, 3.8) is 0 Å². The maximum Gasteiger partial charge on any atom is 0.228 e. The Morgan fingerprint density at radius 1 is 1.18 bits per heavy atom. The number of rotatable bonds is 3. The van der Waals surface area contributed by atoms with Crippen LogP contribution in [-0.4, -0.2) is 10.9 Å². The van der Waals surface area contributed by atoms with Crippen LogP contribution in [0.4, 0.5) is 10.1 Å². The monoisotopic (exact) mass is 336 g/mol. The zero-order valence-electron chi connectivity index (χ0n) is 11.3. The lowest BCUT2D eigenvalue weighted by atomic mass is 10.1. The highest BCUT2D eigenvalue weighted by molar-refractivity contribution is 6.36. The number of hydrogen-bond acceptors (Lipinski definition) is 1. The number of halogens is 3. The second kappa shape index (κ2) is 5.99. The smallest absolute Gasteiger partial charge is 0.228 e. The molecule has 22 heavy (non-hydrogen) atoms. The molecule has 2 N–H and O–H groups in total. The molecular weight excluding hydrogens is 326 g/mol. The summed E-state index contributed by atoms with van der Waals surface area (Å²) >= 11 is 11.8. The molecule has 0 bridgehead atoms. The van der Waals surface area contributed by atoms with Crippen LogP contribution < -0.4 is 5.32 Å². The minimum Gasteiger partial charge on any atom is -0.361 e. The zero-order chi connectivity index (χ0) is 15.7. The average molecular weight is 337 g/mol. The molecule has 1 heterocycles. The Morgan fingerprint density at radius 2 is 2.00 bits per heavy atom. The van der Waals surface area contributed by atoms with Crippen molar-refractivity contribution < 1.29 is 9.18 Å². The number of anilines is 1. The molecule has 0 spiro atoms. The van der Waals surface area contributed by atoms with E-state index >= 15 is 0 Å². The molecule has 0 saturated heterocycles. The topological polar surface area (TPSA) is 44.9 Å². The molecule has 1 amide bonds. The van der Waals surface area contributed by atoms with Crippen LogP contribution in [0.25, 0.3) is 10.9 Å². The molecule has 6 heteroatoms. The third-order valence-electron chi connectivity index (χ3n) is 3.29. The fourth-order valence-electron chi connectivity index (χ4n) is 2.26. The Bertz CT molecular complexity index is 860.